The number of hydrogen-bond acceptors (Lipinski definition) is 5. The molecule has 2 aromatic carbocycles. The van der Waals surface area contributed by atoms with Gasteiger partial charge < -0.3 is 19.0 Å². The Bertz CT molecular complexity index is 1590. The van der Waals surface area contributed by atoms with Gasteiger partial charge in [0.25, 0.3) is 0 Å². The second kappa shape index (κ2) is 8.55. The maximum absolute atomic E-state index is 13.7. The molecule has 0 radical (unpaired) electrons. The molecule has 1 N–H and O–H groups in total. The van der Waals surface area contributed by atoms with Crippen molar-refractivity contribution in [3.05, 3.63) is 94.7 Å². The van der Waals surface area contributed by atoms with Crippen LogP contribution in [0.1, 0.15) is 49.8 Å². The third-order valence-electron chi connectivity index (χ3n) is 7.62. The monoisotopic (exact) mass is 480 g/mol. The molecule has 0 spiro atoms. The molecule has 4 aromatic rings. The van der Waals surface area contributed by atoms with Crippen LogP contribution < -0.4 is 5.32 Å². The number of nitrogens with zero attached hydrogens (tertiary/aromatic N) is 1. The molecule has 2 aliphatic rings. The maximum Gasteiger partial charge on any atom is 0.336 e. The molecule has 6 heteroatoms. The van der Waals surface area contributed by atoms with Gasteiger partial charge in [-0.2, -0.15) is 0 Å². The molecule has 1 aliphatic heterocycles. The molecule has 36 heavy (non-hydrogen) atoms. The van der Waals surface area contributed by atoms with Crippen LogP contribution in [0, 0.1) is 0 Å². The largest absolute Gasteiger partial charge is 0.469 e. The lowest BCUT2D eigenvalue weighted by molar-refractivity contribution is -0.136. The summed E-state index contributed by atoms with van der Waals surface area (Å²) in [5, 5.41) is 5.65. The Morgan fingerprint density at radius 3 is 2.64 bits per heavy atom. The van der Waals surface area contributed by atoms with Gasteiger partial charge in [0.15, 0.2) is 5.78 Å². The molecule has 182 valence electrons. The van der Waals surface area contributed by atoms with Crippen molar-refractivity contribution in [1.82, 2.24) is 9.88 Å². The summed E-state index contributed by atoms with van der Waals surface area (Å²) in [5.41, 5.74) is 5.95. The zero-order chi connectivity index (χ0) is 25.0. The first-order chi connectivity index (χ1) is 17.5. The van der Waals surface area contributed by atoms with Gasteiger partial charge in [-0.1, -0.05) is 24.3 Å². The minimum atomic E-state index is -0.494. The highest BCUT2D eigenvalue weighted by Crippen LogP contribution is 2.46. The van der Waals surface area contributed by atoms with Crippen LogP contribution in [-0.2, 0) is 20.9 Å². The van der Waals surface area contributed by atoms with E-state index in [0.717, 1.165) is 45.6 Å². The first-order valence-electron chi connectivity index (χ1n) is 12.4. The van der Waals surface area contributed by atoms with Crippen molar-refractivity contribution in [3.8, 4) is 0 Å². The van der Waals surface area contributed by atoms with E-state index in [2.05, 4.69) is 53.2 Å². The van der Waals surface area contributed by atoms with Crippen LogP contribution in [0.4, 0.5) is 0 Å². The predicted molar refractivity (Wildman–Crippen MR) is 138 cm³/mol. The highest BCUT2D eigenvalue weighted by atomic mass is 16.5. The quantitative estimate of drug-likeness (QED) is 0.366. The van der Waals surface area contributed by atoms with Gasteiger partial charge in [0, 0.05) is 63.6 Å². The van der Waals surface area contributed by atoms with Crippen molar-refractivity contribution in [3.63, 3.8) is 0 Å². The molecule has 3 heterocycles. The van der Waals surface area contributed by atoms with Crippen molar-refractivity contribution in [2.75, 3.05) is 7.11 Å². The van der Waals surface area contributed by atoms with Crippen LogP contribution in [-0.4, -0.2) is 23.4 Å². The Balaban J connectivity index is 1.55. The number of dihydropyridines is 1. The molecule has 2 aromatic heterocycles. The van der Waals surface area contributed by atoms with E-state index in [9.17, 15) is 9.59 Å². The van der Waals surface area contributed by atoms with Gasteiger partial charge in [0.05, 0.1) is 18.9 Å². The van der Waals surface area contributed by atoms with E-state index in [0.29, 0.717) is 24.0 Å². The highest BCUT2D eigenvalue weighted by molar-refractivity contribution is 6.09. The van der Waals surface area contributed by atoms with Gasteiger partial charge in [0.2, 0.25) is 0 Å². The third kappa shape index (κ3) is 3.32. The average Bonchev–Trinajstić information content (AvgIpc) is 3.53. The fraction of sp³-hybridized carbons (Fsp3) is 0.267. The van der Waals surface area contributed by atoms with E-state index in [1.165, 1.54) is 12.6 Å². The van der Waals surface area contributed by atoms with E-state index < -0.39 is 11.9 Å². The summed E-state index contributed by atoms with van der Waals surface area (Å²) in [6.07, 6.45) is 2.63. The van der Waals surface area contributed by atoms with Gasteiger partial charge in [-0.15, -0.1) is 0 Å². The number of fused-ring (bicyclic) bond motifs is 3. The highest BCUT2D eigenvalue weighted by Gasteiger charge is 2.41. The summed E-state index contributed by atoms with van der Waals surface area (Å²) < 4.78 is 13.1. The van der Waals surface area contributed by atoms with E-state index in [4.69, 9.17) is 9.15 Å². The summed E-state index contributed by atoms with van der Waals surface area (Å²) >= 11 is 0. The Labute approximate surface area is 209 Å². The Kier molecular flexibility index (Phi) is 5.32. The zero-order valence-corrected chi connectivity index (χ0v) is 20.6. The van der Waals surface area contributed by atoms with E-state index >= 15 is 0 Å². The molecular weight excluding hydrogens is 452 g/mol. The number of para-hydroxylation sites is 1. The molecule has 0 amide bonds. The lowest BCUT2D eigenvalue weighted by Gasteiger charge is -2.36. The van der Waals surface area contributed by atoms with Crippen LogP contribution in [0.3, 0.4) is 0 Å². The lowest BCUT2D eigenvalue weighted by atomic mass is 9.72. The van der Waals surface area contributed by atoms with Crippen LogP contribution in [0.15, 0.2) is 87.8 Å². The molecule has 0 saturated carbocycles. The second-order valence-corrected chi connectivity index (χ2v) is 9.56. The van der Waals surface area contributed by atoms with Gasteiger partial charge in [-0.25, -0.2) is 4.79 Å². The topological polar surface area (TPSA) is 73.5 Å². The molecule has 0 bridgehead atoms. The molecule has 6 rings (SSSR count). The normalized spacial score (nSPS) is 20.1. The van der Waals surface area contributed by atoms with Gasteiger partial charge in [0.1, 0.15) is 5.76 Å². The number of ether oxygens (including phenoxy) is 1. The number of allylic oxidation sites excluding steroid dienone is 3. The standard InChI is InChI=1S/C30H28N2O4/c1-4-32-23-9-6-5-8-20(23)21-14-18(11-12-24(21)32)28-27(30(34)35-3)17(2)31-22-15-19(16-25(33)29(22)28)26-10-7-13-36-26/h5-14,19,28,31H,4,15-16H2,1-3H3/t19-,28+/m0/s1. The van der Waals surface area contributed by atoms with Gasteiger partial charge >= 0.3 is 5.97 Å². The number of hydrogen-bond donors (Lipinski definition) is 1. The fourth-order valence-corrected chi connectivity index (χ4v) is 6.07. The van der Waals surface area contributed by atoms with Crippen molar-refractivity contribution >= 4 is 33.6 Å². The van der Waals surface area contributed by atoms with Gasteiger partial charge in [-0.3, -0.25) is 4.79 Å². The number of furan rings is 1. The van der Waals surface area contributed by atoms with Crippen molar-refractivity contribution in [2.24, 2.45) is 0 Å². The molecule has 0 unspecified atom stereocenters. The molecule has 1 aliphatic carbocycles. The van der Waals surface area contributed by atoms with Crippen molar-refractivity contribution in [2.45, 2.75) is 45.1 Å². The number of benzene rings is 2. The van der Waals surface area contributed by atoms with Crippen molar-refractivity contribution < 1.29 is 18.7 Å². The molecule has 6 nitrogen and oxygen atoms in total. The minimum Gasteiger partial charge on any atom is -0.469 e. The van der Waals surface area contributed by atoms with E-state index in [1.807, 2.05) is 25.1 Å². The molecular formula is C30H28N2O4. The number of carbonyl (C=O) groups excluding carboxylic acids is 2. The predicted octanol–water partition coefficient (Wildman–Crippen LogP) is 5.94. The lowest BCUT2D eigenvalue weighted by Crippen LogP contribution is -2.35. The summed E-state index contributed by atoms with van der Waals surface area (Å²) in [7, 11) is 1.39. The van der Waals surface area contributed by atoms with Crippen LogP contribution in [0.25, 0.3) is 21.8 Å². The smallest absolute Gasteiger partial charge is 0.336 e. The Hall–Kier alpha value is -4.06. The van der Waals surface area contributed by atoms with Gasteiger partial charge in [-0.05, 0) is 56.2 Å². The zero-order valence-electron chi connectivity index (χ0n) is 20.6. The van der Waals surface area contributed by atoms with E-state index in [-0.39, 0.29) is 11.7 Å². The summed E-state index contributed by atoms with van der Waals surface area (Å²) in [6.45, 7) is 4.87. The first kappa shape index (κ1) is 22.4. The summed E-state index contributed by atoms with van der Waals surface area (Å²) in [4.78, 5) is 26.7. The van der Waals surface area contributed by atoms with Crippen LogP contribution >= 0.6 is 0 Å². The van der Waals surface area contributed by atoms with Crippen LogP contribution in [0.5, 0.6) is 0 Å². The number of nitrogens with one attached hydrogen (secondary N) is 1. The maximum atomic E-state index is 13.7. The fourth-order valence-electron chi connectivity index (χ4n) is 6.07. The SMILES string of the molecule is CCn1c2ccccc2c2cc([C@@H]3C(C(=O)OC)=C(C)NC4=C3C(=O)C[C@@H](c3ccco3)C4)ccc21. The molecule has 0 saturated heterocycles. The number of aromatic nitrogens is 1. The first-order valence-corrected chi connectivity index (χ1v) is 12.4. The second-order valence-electron chi connectivity index (χ2n) is 9.56. The Morgan fingerprint density at radius 1 is 1.08 bits per heavy atom. The average molecular weight is 481 g/mol. The van der Waals surface area contributed by atoms with Crippen LogP contribution in [0.2, 0.25) is 0 Å². The number of Topliss-reactive ketones (excluding diaryl/α,β-unsaturated/α-hetero) is 1. The van der Waals surface area contributed by atoms with Crippen molar-refractivity contribution in [1.29, 1.82) is 0 Å². The number of carbonyl (C=O) groups is 2. The number of methoxy groups -OCH3 is 1. The number of esters is 1. The van der Waals surface area contributed by atoms with E-state index in [1.54, 1.807) is 6.26 Å². The third-order valence-corrected chi connectivity index (χ3v) is 7.62. The number of ketones is 1. The summed E-state index contributed by atoms with van der Waals surface area (Å²) in [6, 6.07) is 18.4. The Morgan fingerprint density at radius 2 is 1.89 bits per heavy atom. The number of aryl methyl sites for hydroxylation is 1. The molecule has 0 fully saturated rings. The summed E-state index contributed by atoms with van der Waals surface area (Å²) in [5.74, 6) is -0.111. The molecule has 2 atom stereocenters. The number of rotatable bonds is 4. The minimum absolute atomic E-state index is 0.0279.